The lowest BCUT2D eigenvalue weighted by molar-refractivity contribution is -0.122. The van der Waals surface area contributed by atoms with Crippen molar-refractivity contribution in [3.63, 3.8) is 0 Å². The zero-order valence-electron chi connectivity index (χ0n) is 12.8. The molecule has 0 radical (unpaired) electrons. The summed E-state index contributed by atoms with van der Waals surface area (Å²) >= 11 is 9.19. The van der Waals surface area contributed by atoms with Crippen molar-refractivity contribution in [2.24, 2.45) is 0 Å². The predicted molar refractivity (Wildman–Crippen MR) is 95.5 cm³/mol. The summed E-state index contributed by atoms with van der Waals surface area (Å²) in [5.41, 5.74) is 0.768. The summed E-state index contributed by atoms with van der Waals surface area (Å²) in [6, 6.07) is 8.32. The number of carbonyl (C=O) groups excluding carboxylic acids is 2. The molecular weight excluding hydrogens is 398 g/mol. The standard InChI is InChI=1S/C16H15BrClN3O3/c1-2-19-14(22)9-24-12-5-3-4-11(7-12)21-16(23)13-6-10(17)8-20-15(13)18/h3-8H,2,9H2,1H3,(H,19,22)(H,21,23). The van der Waals surface area contributed by atoms with Gasteiger partial charge in [0, 0.05) is 29.0 Å². The molecule has 6 nitrogen and oxygen atoms in total. The number of rotatable bonds is 6. The Morgan fingerprint density at radius 1 is 1.33 bits per heavy atom. The topological polar surface area (TPSA) is 80.3 Å². The summed E-state index contributed by atoms with van der Waals surface area (Å²) in [5.74, 6) is -0.133. The molecule has 1 aromatic heterocycles. The van der Waals surface area contributed by atoms with E-state index in [-0.39, 0.29) is 23.2 Å². The number of aromatic nitrogens is 1. The van der Waals surface area contributed by atoms with Crippen molar-refractivity contribution in [2.75, 3.05) is 18.5 Å². The molecule has 0 aliphatic heterocycles. The highest BCUT2D eigenvalue weighted by molar-refractivity contribution is 9.10. The number of hydrogen-bond acceptors (Lipinski definition) is 4. The van der Waals surface area contributed by atoms with E-state index in [0.29, 0.717) is 22.5 Å². The van der Waals surface area contributed by atoms with Crippen LogP contribution >= 0.6 is 27.5 Å². The third-order valence-electron chi connectivity index (χ3n) is 2.89. The maximum Gasteiger partial charge on any atom is 0.258 e. The third-order valence-corrected chi connectivity index (χ3v) is 3.62. The lowest BCUT2D eigenvalue weighted by Gasteiger charge is -2.10. The average molecular weight is 413 g/mol. The number of nitrogens with zero attached hydrogens (tertiary/aromatic N) is 1. The molecule has 0 aliphatic rings. The van der Waals surface area contributed by atoms with Gasteiger partial charge in [-0.2, -0.15) is 0 Å². The number of likely N-dealkylation sites (N-methyl/N-ethyl adjacent to an activating group) is 1. The average Bonchev–Trinajstić information content (AvgIpc) is 2.56. The number of halogens is 2. The second-order valence-corrected chi connectivity index (χ2v) is 5.99. The normalized spacial score (nSPS) is 10.1. The first kappa shape index (κ1) is 18.2. The second kappa shape index (κ2) is 8.65. The molecule has 2 amide bonds. The van der Waals surface area contributed by atoms with Crippen molar-refractivity contribution in [3.05, 3.63) is 51.7 Å². The van der Waals surface area contributed by atoms with Gasteiger partial charge in [0.05, 0.1) is 5.56 Å². The summed E-state index contributed by atoms with van der Waals surface area (Å²) in [6.07, 6.45) is 1.51. The Labute approximate surface area is 152 Å². The molecule has 0 saturated carbocycles. The lowest BCUT2D eigenvalue weighted by atomic mass is 10.2. The van der Waals surface area contributed by atoms with Crippen molar-refractivity contribution < 1.29 is 14.3 Å². The number of ether oxygens (including phenoxy) is 1. The van der Waals surface area contributed by atoms with Gasteiger partial charge in [-0.25, -0.2) is 4.98 Å². The molecule has 0 unspecified atom stereocenters. The zero-order valence-corrected chi connectivity index (χ0v) is 15.1. The Hall–Kier alpha value is -2.12. The zero-order chi connectivity index (χ0) is 17.5. The molecule has 2 N–H and O–H groups in total. The van der Waals surface area contributed by atoms with E-state index in [1.165, 1.54) is 6.20 Å². The van der Waals surface area contributed by atoms with Crippen LogP contribution in [0.1, 0.15) is 17.3 Å². The van der Waals surface area contributed by atoms with Crippen molar-refractivity contribution in [2.45, 2.75) is 6.92 Å². The maximum absolute atomic E-state index is 12.3. The van der Waals surface area contributed by atoms with Crippen LogP contribution in [0.4, 0.5) is 5.69 Å². The van der Waals surface area contributed by atoms with Crippen LogP contribution in [0.2, 0.25) is 5.15 Å². The number of anilines is 1. The first-order valence-electron chi connectivity index (χ1n) is 7.11. The highest BCUT2D eigenvalue weighted by atomic mass is 79.9. The van der Waals surface area contributed by atoms with Crippen LogP contribution in [0.25, 0.3) is 0 Å². The van der Waals surface area contributed by atoms with Crippen LogP contribution in [-0.4, -0.2) is 29.9 Å². The molecule has 0 spiro atoms. The number of pyridine rings is 1. The van der Waals surface area contributed by atoms with E-state index in [4.69, 9.17) is 16.3 Å². The molecule has 8 heteroatoms. The lowest BCUT2D eigenvalue weighted by Crippen LogP contribution is -2.28. The van der Waals surface area contributed by atoms with Gasteiger partial charge in [0.25, 0.3) is 11.8 Å². The molecule has 1 aromatic carbocycles. The molecular formula is C16H15BrClN3O3. The summed E-state index contributed by atoms with van der Waals surface area (Å²) in [4.78, 5) is 27.6. The van der Waals surface area contributed by atoms with Gasteiger partial charge < -0.3 is 15.4 Å². The molecule has 0 saturated heterocycles. The van der Waals surface area contributed by atoms with Crippen molar-refractivity contribution in [1.29, 1.82) is 0 Å². The van der Waals surface area contributed by atoms with Crippen molar-refractivity contribution >= 4 is 45.0 Å². The number of hydrogen-bond donors (Lipinski definition) is 2. The quantitative estimate of drug-likeness (QED) is 0.714. The Morgan fingerprint density at radius 2 is 2.12 bits per heavy atom. The Bertz CT molecular complexity index is 755. The van der Waals surface area contributed by atoms with Gasteiger partial charge in [-0.3, -0.25) is 9.59 Å². The fourth-order valence-corrected chi connectivity index (χ4v) is 2.36. The van der Waals surface area contributed by atoms with E-state index >= 15 is 0 Å². The van der Waals surface area contributed by atoms with Crippen LogP contribution in [0.3, 0.4) is 0 Å². The number of benzene rings is 1. The third kappa shape index (κ3) is 5.21. The largest absolute Gasteiger partial charge is 0.484 e. The second-order valence-electron chi connectivity index (χ2n) is 4.72. The number of carbonyl (C=O) groups is 2. The molecule has 0 atom stereocenters. The Balaban J connectivity index is 2.05. The Morgan fingerprint density at radius 3 is 2.88 bits per heavy atom. The smallest absolute Gasteiger partial charge is 0.258 e. The highest BCUT2D eigenvalue weighted by Crippen LogP contribution is 2.21. The summed E-state index contributed by atoms with van der Waals surface area (Å²) in [7, 11) is 0. The molecule has 2 aromatic rings. The summed E-state index contributed by atoms with van der Waals surface area (Å²) in [5, 5.41) is 5.46. The van der Waals surface area contributed by atoms with E-state index in [1.807, 2.05) is 6.92 Å². The highest BCUT2D eigenvalue weighted by Gasteiger charge is 2.13. The van der Waals surface area contributed by atoms with E-state index in [2.05, 4.69) is 31.5 Å². The minimum absolute atomic E-state index is 0.0907. The van der Waals surface area contributed by atoms with Gasteiger partial charge in [0.1, 0.15) is 10.9 Å². The van der Waals surface area contributed by atoms with Crippen LogP contribution < -0.4 is 15.4 Å². The molecule has 0 aliphatic carbocycles. The molecule has 1 heterocycles. The van der Waals surface area contributed by atoms with Gasteiger partial charge in [-0.05, 0) is 41.1 Å². The van der Waals surface area contributed by atoms with Crippen LogP contribution in [0.5, 0.6) is 5.75 Å². The number of nitrogens with one attached hydrogen (secondary N) is 2. The first-order valence-corrected chi connectivity index (χ1v) is 8.28. The fraction of sp³-hybridized carbons (Fsp3) is 0.188. The van der Waals surface area contributed by atoms with E-state index in [9.17, 15) is 9.59 Å². The molecule has 0 bridgehead atoms. The Kier molecular flexibility index (Phi) is 6.57. The number of amides is 2. The maximum atomic E-state index is 12.3. The fourth-order valence-electron chi connectivity index (χ4n) is 1.84. The van der Waals surface area contributed by atoms with Gasteiger partial charge in [0.15, 0.2) is 6.61 Å². The van der Waals surface area contributed by atoms with Crippen LogP contribution in [-0.2, 0) is 4.79 Å². The van der Waals surface area contributed by atoms with E-state index in [1.54, 1.807) is 30.3 Å². The predicted octanol–water partition coefficient (Wildman–Crippen LogP) is 3.26. The first-order chi connectivity index (χ1) is 11.5. The van der Waals surface area contributed by atoms with Gasteiger partial charge in [-0.15, -0.1) is 0 Å². The monoisotopic (exact) mass is 411 g/mol. The van der Waals surface area contributed by atoms with Gasteiger partial charge >= 0.3 is 0 Å². The van der Waals surface area contributed by atoms with Crippen LogP contribution in [0.15, 0.2) is 41.0 Å². The summed E-state index contributed by atoms with van der Waals surface area (Å²) < 4.78 is 6.03. The van der Waals surface area contributed by atoms with Crippen molar-refractivity contribution in [3.8, 4) is 5.75 Å². The van der Waals surface area contributed by atoms with Gasteiger partial charge in [-0.1, -0.05) is 17.7 Å². The molecule has 2 rings (SSSR count). The minimum Gasteiger partial charge on any atom is -0.484 e. The van der Waals surface area contributed by atoms with Crippen molar-refractivity contribution in [1.82, 2.24) is 10.3 Å². The molecule has 0 fully saturated rings. The molecule has 126 valence electrons. The SMILES string of the molecule is CCNC(=O)COc1cccc(NC(=O)c2cc(Br)cnc2Cl)c1. The van der Waals surface area contributed by atoms with E-state index in [0.717, 1.165) is 0 Å². The summed E-state index contributed by atoms with van der Waals surface area (Å²) in [6.45, 7) is 2.28. The van der Waals surface area contributed by atoms with Gasteiger partial charge in [0.2, 0.25) is 0 Å². The minimum atomic E-state index is -0.394. The van der Waals surface area contributed by atoms with Crippen LogP contribution in [0, 0.1) is 0 Å². The van der Waals surface area contributed by atoms with E-state index < -0.39 is 5.91 Å². The molecule has 24 heavy (non-hydrogen) atoms.